The van der Waals surface area contributed by atoms with Crippen molar-refractivity contribution < 1.29 is 4.92 Å². The van der Waals surface area contributed by atoms with Crippen molar-refractivity contribution in [3.8, 4) is 0 Å². The van der Waals surface area contributed by atoms with Crippen molar-refractivity contribution in [3.05, 3.63) is 63.2 Å². The molecular formula is C12H9ClN6O2. The van der Waals surface area contributed by atoms with Gasteiger partial charge in [-0.1, -0.05) is 11.6 Å². The zero-order chi connectivity index (χ0) is 15.2. The van der Waals surface area contributed by atoms with Crippen LogP contribution in [0.15, 0.2) is 46.9 Å². The van der Waals surface area contributed by atoms with E-state index >= 15 is 0 Å². The van der Waals surface area contributed by atoms with E-state index in [1.54, 1.807) is 12.1 Å². The molecule has 9 heteroatoms. The van der Waals surface area contributed by atoms with E-state index in [9.17, 15) is 10.1 Å². The second-order valence-corrected chi connectivity index (χ2v) is 4.19. The number of benzene rings is 1. The fraction of sp³-hybridized carbons (Fsp3) is 0. The zero-order valence-corrected chi connectivity index (χ0v) is 11.3. The predicted octanol–water partition coefficient (Wildman–Crippen LogP) is 1.78. The number of nitro groups is 1. The van der Waals surface area contributed by atoms with Gasteiger partial charge in [0.1, 0.15) is 10.8 Å². The molecule has 0 aliphatic rings. The van der Waals surface area contributed by atoms with Gasteiger partial charge in [-0.15, -0.1) is 5.10 Å². The highest BCUT2D eigenvalue weighted by Crippen LogP contribution is 2.10. The van der Waals surface area contributed by atoms with E-state index in [2.05, 4.69) is 20.2 Å². The van der Waals surface area contributed by atoms with E-state index in [0.29, 0.717) is 11.3 Å². The summed E-state index contributed by atoms with van der Waals surface area (Å²) in [4.78, 5) is 17.8. The summed E-state index contributed by atoms with van der Waals surface area (Å²) in [6, 6.07) is 5.84. The second-order valence-electron chi connectivity index (χ2n) is 3.81. The second kappa shape index (κ2) is 6.53. The maximum Gasteiger partial charge on any atom is 0.269 e. The molecular weight excluding hydrogens is 296 g/mol. The maximum absolute atomic E-state index is 10.5. The Morgan fingerprint density at radius 3 is 2.67 bits per heavy atom. The molecule has 0 radical (unpaired) electrons. The fourth-order valence-corrected chi connectivity index (χ4v) is 1.50. The van der Waals surface area contributed by atoms with Gasteiger partial charge in [0.15, 0.2) is 5.84 Å². The lowest BCUT2D eigenvalue weighted by Gasteiger charge is -1.97. The number of non-ortho nitro benzene ring substituents is 1. The molecule has 1 heterocycles. The highest BCUT2D eigenvalue weighted by molar-refractivity contribution is 6.29. The van der Waals surface area contributed by atoms with Crippen LogP contribution in [0.25, 0.3) is 0 Å². The third-order valence-electron chi connectivity index (χ3n) is 2.34. The number of amidine groups is 1. The summed E-state index contributed by atoms with van der Waals surface area (Å²) in [6.45, 7) is 0. The van der Waals surface area contributed by atoms with Crippen LogP contribution in [0, 0.1) is 10.1 Å². The smallest absolute Gasteiger partial charge is 0.269 e. The molecule has 8 nitrogen and oxygen atoms in total. The molecule has 0 amide bonds. The van der Waals surface area contributed by atoms with Crippen molar-refractivity contribution in [1.82, 2.24) is 9.97 Å². The van der Waals surface area contributed by atoms with E-state index in [-0.39, 0.29) is 16.7 Å². The summed E-state index contributed by atoms with van der Waals surface area (Å²) in [6.07, 6.45) is 4.19. The summed E-state index contributed by atoms with van der Waals surface area (Å²) in [7, 11) is 0. The first kappa shape index (κ1) is 14.5. The summed E-state index contributed by atoms with van der Waals surface area (Å²) in [5.41, 5.74) is 6.64. The largest absolute Gasteiger partial charge is 0.380 e. The highest BCUT2D eigenvalue weighted by atomic mass is 35.5. The number of nitrogens with zero attached hydrogens (tertiary/aromatic N) is 5. The van der Waals surface area contributed by atoms with E-state index in [0.717, 1.165) is 0 Å². The van der Waals surface area contributed by atoms with Crippen LogP contribution in [0.2, 0.25) is 5.15 Å². The quantitative estimate of drug-likeness (QED) is 0.399. The number of hydrogen-bond acceptors (Lipinski definition) is 6. The summed E-state index contributed by atoms with van der Waals surface area (Å²) < 4.78 is 0. The van der Waals surface area contributed by atoms with Crippen LogP contribution in [0.4, 0.5) is 5.69 Å². The van der Waals surface area contributed by atoms with Crippen LogP contribution in [-0.4, -0.2) is 26.9 Å². The number of halogens is 1. The molecule has 106 valence electrons. The highest BCUT2D eigenvalue weighted by Gasteiger charge is 2.03. The molecule has 0 aliphatic heterocycles. The Balaban J connectivity index is 2.10. The lowest BCUT2D eigenvalue weighted by atomic mass is 10.2. The SMILES string of the molecule is NC(=NN=Cc1ccc([N+](=O)[O-])cc1)c1cncc(Cl)n1. The third-order valence-corrected chi connectivity index (χ3v) is 2.53. The molecule has 0 atom stereocenters. The summed E-state index contributed by atoms with van der Waals surface area (Å²) in [5.74, 6) is 0.0585. The number of aromatic nitrogens is 2. The molecule has 0 fully saturated rings. The first-order valence-corrected chi connectivity index (χ1v) is 6.03. The summed E-state index contributed by atoms with van der Waals surface area (Å²) in [5, 5.41) is 18.2. The molecule has 0 spiro atoms. The molecule has 0 saturated carbocycles. The van der Waals surface area contributed by atoms with E-state index in [1.165, 1.54) is 30.7 Å². The van der Waals surface area contributed by atoms with Crippen molar-refractivity contribution in [2.24, 2.45) is 15.9 Å². The monoisotopic (exact) mass is 304 g/mol. The number of hydrogen-bond donors (Lipinski definition) is 1. The Hall–Kier alpha value is -2.87. The van der Waals surface area contributed by atoms with Crippen LogP contribution in [0.3, 0.4) is 0 Å². The van der Waals surface area contributed by atoms with Crippen molar-refractivity contribution in [1.29, 1.82) is 0 Å². The Kier molecular flexibility index (Phi) is 4.52. The Labute approximate surface area is 124 Å². The van der Waals surface area contributed by atoms with Gasteiger partial charge >= 0.3 is 0 Å². The number of rotatable bonds is 4. The number of nitro benzene ring substituents is 1. The van der Waals surface area contributed by atoms with Crippen LogP contribution >= 0.6 is 11.6 Å². The first-order valence-electron chi connectivity index (χ1n) is 5.65. The van der Waals surface area contributed by atoms with Gasteiger partial charge in [-0.05, 0) is 17.7 Å². The minimum absolute atomic E-state index is 0.00404. The Morgan fingerprint density at radius 1 is 1.33 bits per heavy atom. The molecule has 0 aliphatic carbocycles. The van der Waals surface area contributed by atoms with Crippen LogP contribution in [0.1, 0.15) is 11.3 Å². The first-order chi connectivity index (χ1) is 10.1. The van der Waals surface area contributed by atoms with E-state index in [4.69, 9.17) is 17.3 Å². The molecule has 2 N–H and O–H groups in total. The molecule has 21 heavy (non-hydrogen) atoms. The van der Waals surface area contributed by atoms with Crippen molar-refractivity contribution >= 4 is 29.3 Å². The minimum Gasteiger partial charge on any atom is -0.380 e. The minimum atomic E-state index is -0.477. The molecule has 0 unspecified atom stereocenters. The lowest BCUT2D eigenvalue weighted by Crippen LogP contribution is -2.15. The van der Waals surface area contributed by atoms with Gasteiger partial charge in [0.2, 0.25) is 0 Å². The van der Waals surface area contributed by atoms with Crippen molar-refractivity contribution in [3.63, 3.8) is 0 Å². The van der Waals surface area contributed by atoms with E-state index < -0.39 is 4.92 Å². The average Bonchev–Trinajstić information content (AvgIpc) is 2.47. The topological polar surface area (TPSA) is 120 Å². The fourth-order valence-electron chi connectivity index (χ4n) is 1.36. The Morgan fingerprint density at radius 2 is 2.05 bits per heavy atom. The normalized spacial score (nSPS) is 11.8. The molecule has 2 rings (SSSR count). The third kappa shape index (κ3) is 4.05. The van der Waals surface area contributed by atoms with Gasteiger partial charge in [-0.2, -0.15) is 5.10 Å². The average molecular weight is 305 g/mol. The van der Waals surface area contributed by atoms with Crippen molar-refractivity contribution in [2.75, 3.05) is 0 Å². The van der Waals surface area contributed by atoms with Gasteiger partial charge < -0.3 is 5.73 Å². The summed E-state index contributed by atoms with van der Waals surface area (Å²) >= 11 is 5.68. The molecule has 2 aromatic rings. The van der Waals surface area contributed by atoms with Gasteiger partial charge in [0.25, 0.3) is 5.69 Å². The van der Waals surface area contributed by atoms with Gasteiger partial charge in [-0.25, -0.2) is 4.98 Å². The molecule has 0 saturated heterocycles. The van der Waals surface area contributed by atoms with Crippen LogP contribution in [0.5, 0.6) is 0 Å². The molecule has 1 aromatic carbocycles. The van der Waals surface area contributed by atoms with Gasteiger partial charge in [-0.3, -0.25) is 15.1 Å². The predicted molar refractivity (Wildman–Crippen MR) is 78.5 cm³/mol. The van der Waals surface area contributed by atoms with Gasteiger partial charge in [0.05, 0.1) is 23.5 Å². The van der Waals surface area contributed by atoms with E-state index in [1.807, 2.05) is 0 Å². The number of nitrogens with two attached hydrogens (primary N) is 1. The maximum atomic E-state index is 10.5. The zero-order valence-electron chi connectivity index (χ0n) is 10.5. The molecule has 0 bridgehead atoms. The molecule has 1 aromatic heterocycles. The standard InChI is InChI=1S/C12H9ClN6O2/c13-11-7-15-6-10(17-11)12(14)18-16-5-8-1-3-9(4-2-8)19(20)21/h1-7H,(H2,14,18). The van der Waals surface area contributed by atoms with Gasteiger partial charge in [0, 0.05) is 12.1 Å². The van der Waals surface area contributed by atoms with Crippen LogP contribution < -0.4 is 5.73 Å². The Bertz CT molecular complexity index is 714. The van der Waals surface area contributed by atoms with Crippen molar-refractivity contribution in [2.45, 2.75) is 0 Å². The lowest BCUT2D eigenvalue weighted by molar-refractivity contribution is -0.384. The van der Waals surface area contributed by atoms with Crippen LogP contribution in [-0.2, 0) is 0 Å².